The highest BCUT2D eigenvalue weighted by Crippen LogP contribution is 2.25. The van der Waals surface area contributed by atoms with E-state index in [2.05, 4.69) is 10.6 Å². The van der Waals surface area contributed by atoms with Crippen LogP contribution in [0.3, 0.4) is 0 Å². The minimum Gasteiger partial charge on any atom is -0.497 e. The minimum atomic E-state index is -0.403. The van der Waals surface area contributed by atoms with Crippen molar-refractivity contribution in [3.8, 4) is 11.5 Å². The van der Waals surface area contributed by atoms with E-state index in [1.165, 1.54) is 26.4 Å². The van der Waals surface area contributed by atoms with Crippen molar-refractivity contribution in [2.45, 2.75) is 6.54 Å². The van der Waals surface area contributed by atoms with E-state index < -0.39 is 6.03 Å². The number of halogens is 1. The number of hydrogen-bond donors (Lipinski definition) is 2. The van der Waals surface area contributed by atoms with Crippen molar-refractivity contribution < 1.29 is 18.7 Å². The Hall–Kier alpha value is -2.76. The second kappa shape index (κ2) is 7.31. The molecule has 0 atom stereocenters. The zero-order valence-corrected chi connectivity index (χ0v) is 12.4. The van der Waals surface area contributed by atoms with Crippen molar-refractivity contribution in [2.24, 2.45) is 0 Å². The number of amides is 2. The summed E-state index contributed by atoms with van der Waals surface area (Å²) in [6.45, 7) is 0.227. The van der Waals surface area contributed by atoms with Crippen LogP contribution in [0.15, 0.2) is 42.5 Å². The van der Waals surface area contributed by atoms with Crippen LogP contribution < -0.4 is 20.1 Å². The Balaban J connectivity index is 1.97. The van der Waals surface area contributed by atoms with Gasteiger partial charge in [-0.25, -0.2) is 9.18 Å². The largest absolute Gasteiger partial charge is 0.497 e. The van der Waals surface area contributed by atoms with Crippen LogP contribution in [0.2, 0.25) is 0 Å². The third kappa shape index (κ3) is 4.37. The van der Waals surface area contributed by atoms with E-state index in [1.54, 1.807) is 30.3 Å². The van der Waals surface area contributed by atoms with E-state index in [0.717, 1.165) is 0 Å². The highest BCUT2D eigenvalue weighted by molar-refractivity contribution is 5.89. The molecule has 2 amide bonds. The Morgan fingerprint density at radius 2 is 1.77 bits per heavy atom. The van der Waals surface area contributed by atoms with Gasteiger partial charge in [0, 0.05) is 30.4 Å². The average molecular weight is 304 g/mol. The molecule has 0 spiro atoms. The van der Waals surface area contributed by atoms with Gasteiger partial charge >= 0.3 is 6.03 Å². The normalized spacial score (nSPS) is 9.95. The fourth-order valence-corrected chi connectivity index (χ4v) is 1.88. The number of hydrogen-bond acceptors (Lipinski definition) is 3. The summed E-state index contributed by atoms with van der Waals surface area (Å²) in [4.78, 5) is 11.9. The Kier molecular flexibility index (Phi) is 5.19. The number of rotatable bonds is 5. The second-order valence-corrected chi connectivity index (χ2v) is 4.54. The van der Waals surface area contributed by atoms with E-state index in [-0.39, 0.29) is 12.4 Å². The van der Waals surface area contributed by atoms with E-state index in [9.17, 15) is 9.18 Å². The zero-order valence-electron chi connectivity index (χ0n) is 12.4. The van der Waals surface area contributed by atoms with Crippen molar-refractivity contribution >= 4 is 11.7 Å². The van der Waals surface area contributed by atoms with Gasteiger partial charge in [-0.2, -0.15) is 0 Å². The van der Waals surface area contributed by atoms with Crippen LogP contribution in [0.5, 0.6) is 11.5 Å². The van der Waals surface area contributed by atoms with E-state index in [4.69, 9.17) is 9.47 Å². The lowest BCUT2D eigenvalue weighted by Gasteiger charge is -2.11. The molecule has 2 aromatic carbocycles. The molecule has 6 heteroatoms. The smallest absolute Gasteiger partial charge is 0.319 e. The van der Waals surface area contributed by atoms with Crippen LogP contribution in [0.25, 0.3) is 0 Å². The molecule has 0 radical (unpaired) electrons. The molecule has 0 heterocycles. The average Bonchev–Trinajstić information content (AvgIpc) is 2.52. The predicted molar refractivity (Wildman–Crippen MR) is 81.8 cm³/mol. The number of methoxy groups -OCH3 is 2. The number of anilines is 1. The van der Waals surface area contributed by atoms with Gasteiger partial charge in [0.15, 0.2) is 0 Å². The van der Waals surface area contributed by atoms with Gasteiger partial charge in [0.05, 0.1) is 14.2 Å². The van der Waals surface area contributed by atoms with E-state index in [0.29, 0.717) is 22.7 Å². The summed E-state index contributed by atoms with van der Waals surface area (Å²) in [7, 11) is 3.06. The molecular weight excluding hydrogens is 287 g/mol. The Morgan fingerprint density at radius 1 is 1.09 bits per heavy atom. The molecule has 116 valence electrons. The fraction of sp³-hybridized carbons (Fsp3) is 0.188. The molecule has 5 nitrogen and oxygen atoms in total. The molecule has 0 bridgehead atoms. The first-order chi connectivity index (χ1) is 10.6. The maximum absolute atomic E-state index is 13.0. The highest BCUT2D eigenvalue weighted by atomic mass is 19.1. The Bertz CT molecular complexity index is 639. The summed E-state index contributed by atoms with van der Waals surface area (Å²) in [6.07, 6.45) is 0. The van der Waals surface area contributed by atoms with Gasteiger partial charge < -0.3 is 20.1 Å². The standard InChI is InChI=1S/C16H17FN2O3/c1-21-14-7-13(8-15(9-14)22-2)19-16(20)18-10-11-4-3-5-12(17)6-11/h3-9H,10H2,1-2H3,(H2,18,19,20). The van der Waals surface area contributed by atoms with Crippen LogP contribution in [-0.2, 0) is 6.54 Å². The molecule has 0 saturated heterocycles. The predicted octanol–water partition coefficient (Wildman–Crippen LogP) is 3.16. The van der Waals surface area contributed by atoms with Crippen molar-refractivity contribution in [2.75, 3.05) is 19.5 Å². The molecule has 0 aliphatic carbocycles. The summed E-state index contributed by atoms with van der Waals surface area (Å²) >= 11 is 0. The molecular formula is C16H17FN2O3. The maximum Gasteiger partial charge on any atom is 0.319 e. The number of urea groups is 1. The first kappa shape index (κ1) is 15.6. The van der Waals surface area contributed by atoms with Gasteiger partial charge in [0.25, 0.3) is 0 Å². The highest BCUT2D eigenvalue weighted by Gasteiger charge is 2.06. The first-order valence-corrected chi connectivity index (χ1v) is 6.63. The van der Waals surface area contributed by atoms with Crippen molar-refractivity contribution in [3.05, 3.63) is 53.8 Å². The summed E-state index contributed by atoms with van der Waals surface area (Å²) in [6, 6.07) is 10.7. The molecule has 0 aliphatic heterocycles. The van der Waals surface area contributed by atoms with Crippen LogP contribution in [0.1, 0.15) is 5.56 Å². The van der Waals surface area contributed by atoms with Crippen molar-refractivity contribution in [1.29, 1.82) is 0 Å². The molecule has 2 rings (SSSR count). The van der Waals surface area contributed by atoms with Crippen LogP contribution in [0, 0.1) is 5.82 Å². The second-order valence-electron chi connectivity index (χ2n) is 4.54. The maximum atomic E-state index is 13.0. The van der Waals surface area contributed by atoms with E-state index >= 15 is 0 Å². The van der Waals surface area contributed by atoms with Gasteiger partial charge in [-0.15, -0.1) is 0 Å². The molecule has 0 fully saturated rings. The lowest BCUT2D eigenvalue weighted by Crippen LogP contribution is -2.28. The molecule has 0 aliphatic rings. The molecule has 22 heavy (non-hydrogen) atoms. The quantitative estimate of drug-likeness (QED) is 0.892. The van der Waals surface area contributed by atoms with Crippen LogP contribution >= 0.6 is 0 Å². The molecule has 2 aromatic rings. The van der Waals surface area contributed by atoms with Crippen molar-refractivity contribution in [1.82, 2.24) is 5.32 Å². The Morgan fingerprint density at radius 3 is 2.36 bits per heavy atom. The number of carbonyl (C=O) groups is 1. The van der Waals surface area contributed by atoms with Gasteiger partial charge in [-0.05, 0) is 17.7 Å². The first-order valence-electron chi connectivity index (χ1n) is 6.63. The molecule has 0 saturated carbocycles. The minimum absolute atomic E-state index is 0.227. The third-order valence-corrected chi connectivity index (χ3v) is 2.95. The summed E-state index contributed by atoms with van der Waals surface area (Å²) in [5.74, 6) is 0.803. The summed E-state index contributed by atoms with van der Waals surface area (Å²) < 4.78 is 23.3. The summed E-state index contributed by atoms with van der Waals surface area (Å²) in [5, 5.41) is 5.32. The van der Waals surface area contributed by atoms with Gasteiger partial charge in [-0.1, -0.05) is 12.1 Å². The molecule has 2 N–H and O–H groups in total. The van der Waals surface area contributed by atoms with Gasteiger partial charge in [0.1, 0.15) is 17.3 Å². The molecule has 0 unspecified atom stereocenters. The van der Waals surface area contributed by atoms with Crippen LogP contribution in [0.4, 0.5) is 14.9 Å². The number of ether oxygens (including phenoxy) is 2. The van der Waals surface area contributed by atoms with E-state index in [1.807, 2.05) is 0 Å². The zero-order chi connectivity index (χ0) is 15.9. The Labute approximate surface area is 128 Å². The fourth-order valence-electron chi connectivity index (χ4n) is 1.88. The van der Waals surface area contributed by atoms with Crippen LogP contribution in [-0.4, -0.2) is 20.3 Å². The third-order valence-electron chi connectivity index (χ3n) is 2.95. The topological polar surface area (TPSA) is 59.6 Å². The van der Waals surface area contributed by atoms with Gasteiger partial charge in [-0.3, -0.25) is 0 Å². The molecule has 0 aromatic heterocycles. The lowest BCUT2D eigenvalue weighted by atomic mass is 10.2. The monoisotopic (exact) mass is 304 g/mol. The lowest BCUT2D eigenvalue weighted by molar-refractivity contribution is 0.251. The SMILES string of the molecule is COc1cc(NC(=O)NCc2cccc(F)c2)cc(OC)c1. The number of nitrogens with one attached hydrogen (secondary N) is 2. The van der Waals surface area contributed by atoms with Gasteiger partial charge in [0.2, 0.25) is 0 Å². The number of benzene rings is 2. The number of carbonyl (C=O) groups excluding carboxylic acids is 1. The summed E-state index contributed by atoms with van der Waals surface area (Å²) in [5.41, 5.74) is 1.21. The van der Waals surface area contributed by atoms with Crippen molar-refractivity contribution in [3.63, 3.8) is 0 Å².